The summed E-state index contributed by atoms with van der Waals surface area (Å²) < 4.78 is 166. The molecule has 0 bridgehead atoms. The first-order valence-corrected chi connectivity index (χ1v) is 41.8. The Balaban J connectivity index is 0.000000174. The van der Waals surface area contributed by atoms with E-state index in [-0.39, 0.29) is 120 Å². The maximum absolute atomic E-state index is 13.4. The monoisotopic (exact) mass is 1710 g/mol. The first-order chi connectivity index (χ1) is 53.5. The molecule has 4 N–H and O–H groups in total. The normalized spacial score (nSPS) is 11.8. The van der Waals surface area contributed by atoms with Crippen LogP contribution in [-0.2, 0) is 56.3 Å². The van der Waals surface area contributed by atoms with Gasteiger partial charge in [0, 0.05) is 36.9 Å². The standard InChI is InChI=1S/2C21H20ClFN2O3S.C20H19ClN2O4S.C19H18ClN3O4S/c1-21(2,3)14-4-10-18(11-5-14)29(26,27)25-19-12-15(22)13-24-20(19)28-17-8-6-16(23)7-9-17;1-21(2,3)14-7-9-18(10-8-14)29(26,27)25-19-11-15(22)13-24-20(19)28-17-6-4-5-16(23)12-17;1-14(2)26-17-8-10-18(11-9-17)28(24,25)23-19-12-15(21)13-22-20(19)27-16-6-4-3-5-7-16;1-19(2,3)12-4-6-14(7-5-12)28(25,26)23-15-10-13(20)11-21-17(15)18(24)16-8-9-22-27-16/h2*4-13,25H,1-3H3;3-14,23H,1-2H3;4-11,23H,1-3H3. The van der Waals surface area contributed by atoms with Gasteiger partial charge >= 0.3 is 0 Å². The Kier molecular flexibility index (Phi) is 28.3. The van der Waals surface area contributed by atoms with E-state index in [4.69, 9.17) is 69.9 Å². The Bertz CT molecular complexity index is 5820. The molecule has 5 heterocycles. The predicted octanol–water partition coefficient (Wildman–Crippen LogP) is 20.7. The van der Waals surface area contributed by atoms with E-state index in [0.717, 1.165) is 16.7 Å². The van der Waals surface area contributed by atoms with E-state index >= 15 is 0 Å². The average molecular weight is 1710 g/mol. The molecule has 0 spiro atoms. The number of hydrogen-bond acceptors (Lipinski definition) is 19. The molecule has 23 nitrogen and oxygen atoms in total. The van der Waals surface area contributed by atoms with Crippen molar-refractivity contribution in [1.29, 1.82) is 0 Å². The summed E-state index contributed by atoms with van der Waals surface area (Å²) >= 11 is 23.9. The number of ether oxygens (including phenoxy) is 4. The fourth-order valence-corrected chi connectivity index (χ4v) is 14.8. The third-order valence-electron chi connectivity index (χ3n) is 15.8. The minimum absolute atomic E-state index is 0.00380. The second-order valence-electron chi connectivity index (χ2n) is 28.2. The summed E-state index contributed by atoms with van der Waals surface area (Å²) in [6.07, 6.45) is 6.58. The first-order valence-electron chi connectivity index (χ1n) is 34.4. The molecule has 0 fully saturated rings. The number of nitrogens with zero attached hydrogens (tertiary/aromatic N) is 5. The number of nitrogens with one attached hydrogen (secondary N) is 4. The van der Waals surface area contributed by atoms with Crippen molar-refractivity contribution < 1.29 is 70.7 Å². The molecule has 0 amide bonds. The molecule has 0 aliphatic heterocycles. The molecule has 0 saturated carbocycles. The highest BCUT2D eigenvalue weighted by atomic mass is 35.5. The van der Waals surface area contributed by atoms with E-state index in [1.54, 1.807) is 84.9 Å². The molecule has 596 valence electrons. The number of sulfonamides is 4. The maximum atomic E-state index is 13.4. The van der Waals surface area contributed by atoms with Gasteiger partial charge in [0.15, 0.2) is 0 Å². The predicted molar refractivity (Wildman–Crippen MR) is 437 cm³/mol. The molecule has 5 aromatic heterocycles. The van der Waals surface area contributed by atoms with Crippen molar-refractivity contribution in [2.24, 2.45) is 0 Å². The summed E-state index contributed by atoms with van der Waals surface area (Å²) in [7, 11) is -15.7. The minimum Gasteiger partial charge on any atom is -0.491 e. The molecule has 0 radical (unpaired) electrons. The lowest BCUT2D eigenvalue weighted by Gasteiger charge is -2.19. The maximum Gasteiger partial charge on any atom is 0.262 e. The second-order valence-corrected chi connectivity index (χ2v) is 36.7. The second kappa shape index (κ2) is 37.0. The van der Waals surface area contributed by atoms with Crippen LogP contribution in [0.15, 0.2) is 261 Å². The summed E-state index contributed by atoms with van der Waals surface area (Å²) in [5.41, 5.74) is 2.78. The van der Waals surface area contributed by atoms with Crippen LogP contribution in [0.5, 0.6) is 40.6 Å². The molecule has 0 unspecified atom stereocenters. The van der Waals surface area contributed by atoms with Crippen LogP contribution < -0.4 is 37.8 Å². The molecular formula is C81H77Cl4F2N9O14S4. The van der Waals surface area contributed by atoms with E-state index < -0.39 is 57.5 Å². The molecule has 0 aliphatic rings. The van der Waals surface area contributed by atoms with E-state index in [1.165, 1.54) is 146 Å². The van der Waals surface area contributed by atoms with Gasteiger partial charge in [-0.3, -0.25) is 23.7 Å². The number of benzene rings is 7. The number of ketones is 1. The summed E-state index contributed by atoms with van der Waals surface area (Å²) in [4.78, 5) is 29.0. The van der Waals surface area contributed by atoms with Gasteiger partial charge in [0.1, 0.15) is 57.4 Å². The largest absolute Gasteiger partial charge is 0.491 e. The Labute approximate surface area is 680 Å². The Morgan fingerprint density at radius 2 is 0.719 bits per heavy atom. The third-order valence-corrected chi connectivity index (χ3v) is 22.1. The van der Waals surface area contributed by atoms with Gasteiger partial charge in [0.25, 0.3) is 45.9 Å². The zero-order valence-corrected chi connectivity index (χ0v) is 69.2. The van der Waals surface area contributed by atoms with Gasteiger partial charge in [-0.1, -0.05) is 175 Å². The summed E-state index contributed by atoms with van der Waals surface area (Å²) in [6.45, 7) is 22.2. The lowest BCUT2D eigenvalue weighted by atomic mass is 9.87. The van der Waals surface area contributed by atoms with E-state index in [0.29, 0.717) is 17.2 Å². The zero-order valence-electron chi connectivity index (χ0n) is 62.9. The number of aromatic nitrogens is 5. The van der Waals surface area contributed by atoms with E-state index in [9.17, 15) is 47.2 Å². The number of para-hydroxylation sites is 1. The van der Waals surface area contributed by atoms with Crippen LogP contribution in [0.2, 0.25) is 20.1 Å². The van der Waals surface area contributed by atoms with Gasteiger partial charge in [-0.05, 0) is 180 Å². The van der Waals surface area contributed by atoms with Crippen LogP contribution in [0, 0.1) is 11.6 Å². The fourth-order valence-electron chi connectivity index (χ4n) is 9.93. The van der Waals surface area contributed by atoms with Crippen molar-refractivity contribution in [3.63, 3.8) is 0 Å². The highest BCUT2D eigenvalue weighted by Gasteiger charge is 2.27. The lowest BCUT2D eigenvalue weighted by Crippen LogP contribution is -2.17. The van der Waals surface area contributed by atoms with Crippen LogP contribution in [-0.4, -0.2) is 70.7 Å². The number of hydrogen-bond donors (Lipinski definition) is 4. The van der Waals surface area contributed by atoms with Gasteiger partial charge in [-0.2, -0.15) is 0 Å². The third kappa shape index (κ3) is 24.9. The topological polar surface area (TPSA) is 316 Å². The lowest BCUT2D eigenvalue weighted by molar-refractivity contribution is 0.0996. The fraction of sp³-hybridized carbons (Fsp3) is 0.185. The van der Waals surface area contributed by atoms with Crippen LogP contribution in [0.1, 0.15) is 109 Å². The van der Waals surface area contributed by atoms with Crippen molar-refractivity contribution in [1.82, 2.24) is 25.1 Å². The van der Waals surface area contributed by atoms with Gasteiger partial charge in [-0.25, -0.2) is 62.4 Å². The van der Waals surface area contributed by atoms with Crippen molar-refractivity contribution >= 4 is 115 Å². The Morgan fingerprint density at radius 1 is 0.386 bits per heavy atom. The molecule has 12 rings (SSSR count). The summed E-state index contributed by atoms with van der Waals surface area (Å²) in [5, 5.41) is 4.38. The Hall–Kier alpha value is -10.8. The molecule has 33 heteroatoms. The van der Waals surface area contributed by atoms with E-state index in [2.05, 4.69) is 44.0 Å². The van der Waals surface area contributed by atoms with Crippen molar-refractivity contribution in [3.8, 4) is 40.6 Å². The van der Waals surface area contributed by atoms with Crippen molar-refractivity contribution in [2.75, 3.05) is 18.9 Å². The van der Waals surface area contributed by atoms with Crippen molar-refractivity contribution in [3.05, 3.63) is 297 Å². The highest BCUT2D eigenvalue weighted by molar-refractivity contribution is 7.93. The van der Waals surface area contributed by atoms with Gasteiger partial charge in [0.05, 0.1) is 57.7 Å². The number of pyridine rings is 4. The highest BCUT2D eigenvalue weighted by Crippen LogP contribution is 2.37. The smallest absolute Gasteiger partial charge is 0.262 e. The molecule has 0 atom stereocenters. The van der Waals surface area contributed by atoms with Gasteiger partial charge in [0.2, 0.25) is 23.4 Å². The average Bonchev–Trinajstić information content (AvgIpc) is 0.891. The number of anilines is 4. The zero-order chi connectivity index (χ0) is 83.1. The minimum atomic E-state index is -3.96. The first kappa shape index (κ1) is 87.2. The van der Waals surface area contributed by atoms with Crippen LogP contribution in [0.4, 0.5) is 31.5 Å². The van der Waals surface area contributed by atoms with Crippen molar-refractivity contribution in [2.45, 2.75) is 118 Å². The molecule has 0 saturated heterocycles. The molecule has 7 aromatic carbocycles. The number of carbonyl (C=O) groups excluding carboxylic acids is 1. The molecule has 0 aliphatic carbocycles. The van der Waals surface area contributed by atoms with Crippen LogP contribution >= 0.6 is 46.4 Å². The Morgan fingerprint density at radius 3 is 1.08 bits per heavy atom. The molecule has 114 heavy (non-hydrogen) atoms. The number of rotatable bonds is 22. The quantitative estimate of drug-likeness (QED) is 0.0458. The van der Waals surface area contributed by atoms with Gasteiger partial charge < -0.3 is 23.5 Å². The van der Waals surface area contributed by atoms with Crippen LogP contribution in [0.25, 0.3) is 0 Å². The number of carbonyl (C=O) groups is 1. The van der Waals surface area contributed by atoms with Crippen LogP contribution in [0.3, 0.4) is 0 Å². The number of halogens is 6. The summed E-state index contributed by atoms with van der Waals surface area (Å²) in [5.74, 6) is 0.0495. The molecular weight excluding hydrogens is 1630 g/mol. The molecule has 12 aromatic rings. The van der Waals surface area contributed by atoms with Gasteiger partial charge in [-0.15, -0.1) is 0 Å². The summed E-state index contributed by atoms with van der Waals surface area (Å²) in [6, 6.07) is 52.5. The SMILES string of the molecule is CC(C)(C)c1ccc(S(=O)(=O)Nc2cc(Cl)cnc2C(=O)c2ccno2)cc1.CC(C)(C)c1ccc(S(=O)(=O)Nc2cc(Cl)cnc2Oc2ccc(F)cc2)cc1.CC(C)(C)c1ccc(S(=O)(=O)Nc2cc(Cl)cnc2Oc2cccc(F)c2)cc1.CC(C)Oc1ccc(S(=O)(=O)Nc2cc(Cl)cnc2Oc2ccccc2)cc1. The van der Waals surface area contributed by atoms with E-state index in [1.807, 2.05) is 82.2 Å².